The van der Waals surface area contributed by atoms with E-state index in [0.717, 1.165) is 6.42 Å². The molecule has 0 radical (unpaired) electrons. The summed E-state index contributed by atoms with van der Waals surface area (Å²) in [6.07, 6.45) is 5.90. The highest BCUT2D eigenvalue weighted by Gasteiger charge is 2.33. The Morgan fingerprint density at radius 3 is 3.05 bits per heavy atom. The van der Waals surface area contributed by atoms with E-state index < -0.39 is 11.9 Å². The Labute approximate surface area is 111 Å². The number of nitrogens with zero attached hydrogens (tertiary/aromatic N) is 2. The van der Waals surface area contributed by atoms with Crippen LogP contribution in [0.15, 0.2) is 16.7 Å². The van der Waals surface area contributed by atoms with Crippen molar-refractivity contribution in [1.29, 1.82) is 0 Å². The molecule has 2 rings (SSSR count). The second-order valence-corrected chi connectivity index (χ2v) is 4.60. The van der Waals surface area contributed by atoms with Crippen molar-refractivity contribution in [3.05, 3.63) is 23.9 Å². The van der Waals surface area contributed by atoms with Gasteiger partial charge in [0.2, 0.25) is 5.89 Å². The van der Waals surface area contributed by atoms with E-state index in [9.17, 15) is 9.90 Å². The van der Waals surface area contributed by atoms with Crippen molar-refractivity contribution in [3.8, 4) is 0 Å². The molecular formula is C13H18N2O4. The number of aromatic nitrogens is 2. The topological polar surface area (TPSA) is 85.5 Å². The molecule has 0 saturated carbocycles. The summed E-state index contributed by atoms with van der Waals surface area (Å²) in [7, 11) is 0. The van der Waals surface area contributed by atoms with Crippen LogP contribution in [0.2, 0.25) is 0 Å². The van der Waals surface area contributed by atoms with Gasteiger partial charge in [-0.25, -0.2) is 0 Å². The molecule has 1 heterocycles. The Kier molecular flexibility index (Phi) is 4.68. The maximum absolute atomic E-state index is 11.2. The monoisotopic (exact) mass is 266 g/mol. The molecule has 1 N–H and O–H groups in total. The second kappa shape index (κ2) is 6.47. The van der Waals surface area contributed by atoms with Crippen LogP contribution in [0.4, 0.5) is 0 Å². The van der Waals surface area contributed by atoms with E-state index in [1.807, 2.05) is 19.1 Å². The van der Waals surface area contributed by atoms with Crippen LogP contribution >= 0.6 is 0 Å². The van der Waals surface area contributed by atoms with Gasteiger partial charge in [0.15, 0.2) is 5.82 Å². The third-order valence-electron chi connectivity index (χ3n) is 3.13. The maximum atomic E-state index is 11.2. The summed E-state index contributed by atoms with van der Waals surface area (Å²) in [4.78, 5) is 15.4. The molecule has 19 heavy (non-hydrogen) atoms. The van der Waals surface area contributed by atoms with Crippen molar-refractivity contribution in [2.75, 3.05) is 6.61 Å². The number of ether oxygens (including phenoxy) is 1. The molecule has 6 heteroatoms. The first kappa shape index (κ1) is 13.7. The number of rotatable bonds is 6. The van der Waals surface area contributed by atoms with Gasteiger partial charge >= 0.3 is 5.97 Å². The predicted molar refractivity (Wildman–Crippen MR) is 66.5 cm³/mol. The van der Waals surface area contributed by atoms with Gasteiger partial charge in [0, 0.05) is 6.61 Å². The Balaban J connectivity index is 2.04. The summed E-state index contributed by atoms with van der Waals surface area (Å²) >= 11 is 0. The number of carboxylic acid groups (broad SMARTS) is 1. The number of carbonyl (C=O) groups is 1. The fourth-order valence-electron chi connectivity index (χ4n) is 2.14. The molecular weight excluding hydrogens is 248 g/mol. The summed E-state index contributed by atoms with van der Waals surface area (Å²) in [5.74, 6) is -0.685. The van der Waals surface area contributed by atoms with Gasteiger partial charge in [0.1, 0.15) is 6.61 Å². The first-order chi connectivity index (χ1) is 9.22. The number of aliphatic carboxylic acids is 1. The van der Waals surface area contributed by atoms with Crippen LogP contribution in [0.25, 0.3) is 0 Å². The Bertz CT molecular complexity index is 455. The van der Waals surface area contributed by atoms with Crippen molar-refractivity contribution in [2.45, 2.75) is 38.7 Å². The lowest BCUT2D eigenvalue weighted by atomic mass is 9.83. The molecule has 1 aromatic rings. The van der Waals surface area contributed by atoms with Crippen LogP contribution in [0.3, 0.4) is 0 Å². The first-order valence-corrected chi connectivity index (χ1v) is 6.50. The largest absolute Gasteiger partial charge is 0.481 e. The Morgan fingerprint density at radius 2 is 2.32 bits per heavy atom. The van der Waals surface area contributed by atoms with E-state index in [-0.39, 0.29) is 5.92 Å². The fraction of sp³-hybridized carbons (Fsp3) is 0.615. The number of hydrogen-bond donors (Lipinski definition) is 1. The van der Waals surface area contributed by atoms with Gasteiger partial charge in [-0.3, -0.25) is 4.79 Å². The minimum absolute atomic E-state index is 0.241. The third kappa shape index (κ3) is 3.41. The van der Waals surface area contributed by atoms with Gasteiger partial charge < -0.3 is 14.4 Å². The van der Waals surface area contributed by atoms with E-state index in [4.69, 9.17) is 9.26 Å². The summed E-state index contributed by atoms with van der Waals surface area (Å²) in [5.41, 5.74) is 0. The Hall–Kier alpha value is -1.69. The quantitative estimate of drug-likeness (QED) is 0.627. The molecule has 0 saturated heterocycles. The average Bonchev–Trinajstić information content (AvgIpc) is 2.88. The van der Waals surface area contributed by atoms with Gasteiger partial charge in [-0.2, -0.15) is 4.98 Å². The van der Waals surface area contributed by atoms with Crippen molar-refractivity contribution >= 4 is 5.97 Å². The zero-order valence-electron chi connectivity index (χ0n) is 10.9. The highest BCUT2D eigenvalue weighted by molar-refractivity contribution is 5.71. The highest BCUT2D eigenvalue weighted by Crippen LogP contribution is 2.33. The van der Waals surface area contributed by atoms with E-state index in [1.54, 1.807) is 0 Å². The van der Waals surface area contributed by atoms with Crippen molar-refractivity contribution in [1.82, 2.24) is 10.1 Å². The SMILES string of the molecule is CCCOCc1noc(C2CC=CCC2C(=O)O)n1. The molecule has 0 bridgehead atoms. The second-order valence-electron chi connectivity index (χ2n) is 4.60. The summed E-state index contributed by atoms with van der Waals surface area (Å²) in [6, 6.07) is 0. The molecule has 2 atom stereocenters. The first-order valence-electron chi connectivity index (χ1n) is 6.50. The van der Waals surface area contributed by atoms with E-state index >= 15 is 0 Å². The third-order valence-corrected chi connectivity index (χ3v) is 3.13. The van der Waals surface area contributed by atoms with Gasteiger partial charge in [-0.15, -0.1) is 0 Å². The lowest BCUT2D eigenvalue weighted by Gasteiger charge is -2.21. The molecule has 1 aliphatic carbocycles. The average molecular weight is 266 g/mol. The predicted octanol–water partition coefficient (Wildman–Crippen LogP) is 2.13. The smallest absolute Gasteiger partial charge is 0.307 e. The van der Waals surface area contributed by atoms with Gasteiger partial charge in [-0.1, -0.05) is 24.2 Å². The van der Waals surface area contributed by atoms with Crippen LogP contribution in [-0.2, 0) is 16.1 Å². The fourth-order valence-corrected chi connectivity index (χ4v) is 2.14. The van der Waals surface area contributed by atoms with Crippen LogP contribution in [-0.4, -0.2) is 27.8 Å². The van der Waals surface area contributed by atoms with Crippen LogP contribution < -0.4 is 0 Å². The lowest BCUT2D eigenvalue weighted by Crippen LogP contribution is -2.23. The lowest BCUT2D eigenvalue weighted by molar-refractivity contribution is -0.142. The van der Waals surface area contributed by atoms with E-state index in [1.165, 1.54) is 0 Å². The van der Waals surface area contributed by atoms with Gasteiger partial charge in [-0.05, 0) is 19.3 Å². The molecule has 1 aromatic heterocycles. The minimum Gasteiger partial charge on any atom is -0.481 e. The van der Waals surface area contributed by atoms with Crippen LogP contribution in [0.5, 0.6) is 0 Å². The van der Waals surface area contributed by atoms with E-state index in [0.29, 0.717) is 37.8 Å². The van der Waals surface area contributed by atoms with Gasteiger partial charge in [0.05, 0.1) is 11.8 Å². The molecule has 6 nitrogen and oxygen atoms in total. The molecule has 0 aliphatic heterocycles. The molecule has 0 amide bonds. The Morgan fingerprint density at radius 1 is 1.53 bits per heavy atom. The molecule has 1 aliphatic rings. The zero-order valence-corrected chi connectivity index (χ0v) is 10.9. The summed E-state index contributed by atoms with van der Waals surface area (Å²) in [6.45, 7) is 2.97. The van der Waals surface area contributed by atoms with Gasteiger partial charge in [0.25, 0.3) is 0 Å². The summed E-state index contributed by atoms with van der Waals surface area (Å²) < 4.78 is 10.5. The van der Waals surface area contributed by atoms with Crippen molar-refractivity contribution < 1.29 is 19.2 Å². The molecule has 2 unspecified atom stereocenters. The normalized spacial score (nSPS) is 22.6. The van der Waals surface area contributed by atoms with Crippen molar-refractivity contribution in [3.63, 3.8) is 0 Å². The number of carboxylic acids is 1. The molecule has 0 fully saturated rings. The maximum Gasteiger partial charge on any atom is 0.307 e. The highest BCUT2D eigenvalue weighted by atomic mass is 16.5. The van der Waals surface area contributed by atoms with E-state index in [2.05, 4.69) is 10.1 Å². The molecule has 0 aromatic carbocycles. The minimum atomic E-state index is -0.823. The van der Waals surface area contributed by atoms with Crippen molar-refractivity contribution in [2.24, 2.45) is 5.92 Å². The standard InChI is InChI=1S/C13H18N2O4/c1-2-7-18-8-11-14-12(19-15-11)9-5-3-4-6-10(9)13(16)17/h3-4,9-10H,2,5-8H2,1H3,(H,16,17). The zero-order chi connectivity index (χ0) is 13.7. The van der Waals surface area contributed by atoms with Crippen LogP contribution in [0.1, 0.15) is 43.8 Å². The number of allylic oxidation sites excluding steroid dienone is 2. The molecule has 104 valence electrons. The summed E-state index contributed by atoms with van der Waals surface area (Å²) in [5, 5.41) is 13.0. The number of hydrogen-bond acceptors (Lipinski definition) is 5. The molecule has 0 spiro atoms. The van der Waals surface area contributed by atoms with Crippen LogP contribution in [0, 0.1) is 5.92 Å².